The molecule has 0 bridgehead atoms. The molecule has 2 saturated heterocycles. The number of carbonyl (C=O) groups excluding carboxylic acids is 3. The maximum atomic E-state index is 15.7. The Morgan fingerprint density at radius 2 is 1.80 bits per heavy atom. The SMILES string of the molecule is CCOC(=O)CN1CCN(C(F)C2CCCN2C(=O)Cc2ccc(N(C(N)=O)c3ccccc3C)c(OC)c2)CC1. The monoisotopic (exact) mass is 569 g/mol. The van der Waals surface area contributed by atoms with Crippen LogP contribution in [-0.4, -0.2) is 97.9 Å². The van der Waals surface area contributed by atoms with E-state index in [-0.39, 0.29) is 24.8 Å². The van der Waals surface area contributed by atoms with Crippen molar-refractivity contribution in [3.05, 3.63) is 53.6 Å². The van der Waals surface area contributed by atoms with E-state index in [1.54, 1.807) is 41.0 Å². The number of amides is 3. The Labute approximate surface area is 240 Å². The van der Waals surface area contributed by atoms with Gasteiger partial charge in [-0.2, -0.15) is 0 Å². The van der Waals surface area contributed by atoms with Gasteiger partial charge in [-0.25, -0.2) is 9.18 Å². The Hall–Kier alpha value is -3.70. The predicted octanol–water partition coefficient (Wildman–Crippen LogP) is 3.23. The summed E-state index contributed by atoms with van der Waals surface area (Å²) in [5.74, 6) is -0.0246. The molecule has 4 rings (SSSR count). The highest BCUT2D eigenvalue weighted by molar-refractivity contribution is 6.00. The van der Waals surface area contributed by atoms with Crippen LogP contribution in [0, 0.1) is 6.92 Å². The highest BCUT2D eigenvalue weighted by Crippen LogP contribution is 2.36. The van der Waals surface area contributed by atoms with Crippen LogP contribution >= 0.6 is 0 Å². The van der Waals surface area contributed by atoms with Crippen molar-refractivity contribution in [1.82, 2.24) is 14.7 Å². The summed E-state index contributed by atoms with van der Waals surface area (Å²) in [6, 6.07) is 11.4. The average Bonchev–Trinajstić information content (AvgIpc) is 3.45. The number of primary amides is 1. The zero-order chi connectivity index (χ0) is 29.5. The second-order valence-corrected chi connectivity index (χ2v) is 10.4. The van der Waals surface area contributed by atoms with Crippen molar-refractivity contribution in [1.29, 1.82) is 0 Å². The van der Waals surface area contributed by atoms with Crippen molar-refractivity contribution >= 4 is 29.3 Å². The summed E-state index contributed by atoms with van der Waals surface area (Å²) < 4.78 is 26.3. The van der Waals surface area contributed by atoms with Crippen LogP contribution in [0.5, 0.6) is 5.75 Å². The summed E-state index contributed by atoms with van der Waals surface area (Å²) in [7, 11) is 1.50. The van der Waals surface area contributed by atoms with Crippen molar-refractivity contribution in [2.45, 2.75) is 45.4 Å². The Balaban J connectivity index is 1.42. The number of carbonyl (C=O) groups is 3. The van der Waals surface area contributed by atoms with Crippen molar-refractivity contribution in [3.8, 4) is 5.75 Å². The lowest BCUT2D eigenvalue weighted by Crippen LogP contribution is -2.55. The van der Waals surface area contributed by atoms with E-state index in [9.17, 15) is 14.4 Å². The van der Waals surface area contributed by atoms with Crippen molar-refractivity contribution in [2.24, 2.45) is 5.73 Å². The fourth-order valence-corrected chi connectivity index (χ4v) is 5.66. The molecule has 0 radical (unpaired) electrons. The molecule has 2 aromatic rings. The first kappa shape index (κ1) is 30.3. The molecule has 222 valence electrons. The maximum absolute atomic E-state index is 15.7. The minimum absolute atomic E-state index is 0.0775. The van der Waals surface area contributed by atoms with Crippen molar-refractivity contribution in [3.63, 3.8) is 0 Å². The number of ether oxygens (including phenoxy) is 2. The summed E-state index contributed by atoms with van der Waals surface area (Å²) in [6.45, 7) is 6.80. The zero-order valence-electron chi connectivity index (χ0n) is 24.1. The van der Waals surface area contributed by atoms with E-state index in [0.29, 0.717) is 68.4 Å². The third-order valence-electron chi connectivity index (χ3n) is 7.77. The molecule has 0 spiro atoms. The summed E-state index contributed by atoms with van der Waals surface area (Å²) in [5, 5.41) is 0. The number of para-hydroxylation sites is 1. The van der Waals surface area contributed by atoms with Crippen LogP contribution < -0.4 is 15.4 Å². The van der Waals surface area contributed by atoms with Crippen LogP contribution in [0.4, 0.5) is 20.6 Å². The first-order chi connectivity index (χ1) is 19.7. The van der Waals surface area contributed by atoms with Gasteiger partial charge in [0.05, 0.1) is 44.1 Å². The quantitative estimate of drug-likeness (QED) is 0.346. The van der Waals surface area contributed by atoms with Crippen LogP contribution in [0.1, 0.15) is 30.9 Å². The number of alkyl halides is 1. The molecule has 0 aromatic heterocycles. The predicted molar refractivity (Wildman–Crippen MR) is 154 cm³/mol. The summed E-state index contributed by atoms with van der Waals surface area (Å²) >= 11 is 0. The van der Waals surface area contributed by atoms with Gasteiger partial charge < -0.3 is 20.1 Å². The lowest BCUT2D eigenvalue weighted by Gasteiger charge is -2.39. The van der Waals surface area contributed by atoms with Gasteiger partial charge >= 0.3 is 12.0 Å². The standard InChI is InChI=1S/C30H40FN5O5/c1-4-41-28(38)20-33-14-16-34(17-15-33)29(31)25-10-7-13-35(25)27(37)19-22-11-12-24(26(18-22)40-3)36(30(32)39)23-9-6-5-8-21(23)2/h5-6,8-9,11-12,18,25,29H,4,7,10,13-17,19-20H2,1-3H3,(H2,32,39). The molecule has 2 atom stereocenters. The smallest absolute Gasteiger partial charge is 0.324 e. The molecule has 2 heterocycles. The van der Waals surface area contributed by atoms with Crippen molar-refractivity contribution < 1.29 is 28.2 Å². The Morgan fingerprint density at radius 1 is 1.07 bits per heavy atom. The summed E-state index contributed by atoms with van der Waals surface area (Å²) in [6.07, 6.45) is 0.142. The fraction of sp³-hybridized carbons (Fsp3) is 0.500. The number of halogens is 1. The van der Waals surface area contributed by atoms with E-state index in [4.69, 9.17) is 15.2 Å². The molecule has 2 aliphatic rings. The van der Waals surface area contributed by atoms with E-state index < -0.39 is 18.4 Å². The van der Waals surface area contributed by atoms with E-state index in [1.165, 1.54) is 12.0 Å². The van der Waals surface area contributed by atoms with Gasteiger partial charge in [-0.3, -0.25) is 24.3 Å². The van der Waals surface area contributed by atoms with E-state index in [1.807, 2.05) is 30.0 Å². The molecule has 2 aromatic carbocycles. The van der Waals surface area contributed by atoms with Crippen molar-refractivity contribution in [2.75, 3.05) is 57.9 Å². The van der Waals surface area contributed by atoms with Crippen LogP contribution in [-0.2, 0) is 20.7 Å². The first-order valence-corrected chi connectivity index (χ1v) is 14.1. The molecule has 11 heteroatoms. The molecular formula is C30H40FN5O5. The second-order valence-electron chi connectivity index (χ2n) is 10.4. The van der Waals surface area contributed by atoms with E-state index in [0.717, 1.165) is 12.0 Å². The van der Waals surface area contributed by atoms with Gasteiger partial charge in [0.1, 0.15) is 5.75 Å². The van der Waals surface area contributed by atoms with E-state index in [2.05, 4.69) is 0 Å². The molecule has 2 fully saturated rings. The first-order valence-electron chi connectivity index (χ1n) is 14.1. The molecule has 0 saturated carbocycles. The maximum Gasteiger partial charge on any atom is 0.324 e. The average molecular weight is 570 g/mol. The molecule has 2 N–H and O–H groups in total. The summed E-state index contributed by atoms with van der Waals surface area (Å²) in [4.78, 5) is 44.4. The van der Waals surface area contributed by atoms with Gasteiger partial charge in [-0.05, 0) is 56.0 Å². The highest BCUT2D eigenvalue weighted by atomic mass is 19.1. The molecule has 10 nitrogen and oxygen atoms in total. The van der Waals surface area contributed by atoms with Crippen LogP contribution in [0.25, 0.3) is 0 Å². The normalized spacial score (nSPS) is 18.6. The fourth-order valence-electron chi connectivity index (χ4n) is 5.66. The number of likely N-dealkylation sites (tertiary alicyclic amines) is 1. The number of urea groups is 1. The number of nitrogens with zero attached hydrogens (tertiary/aromatic N) is 4. The largest absolute Gasteiger partial charge is 0.495 e. The Kier molecular flexibility index (Phi) is 10.2. The number of aryl methyl sites for hydroxylation is 1. The van der Waals surface area contributed by atoms with Gasteiger partial charge in [0, 0.05) is 32.7 Å². The molecular weight excluding hydrogens is 529 g/mol. The minimum Gasteiger partial charge on any atom is -0.495 e. The van der Waals surface area contributed by atoms with Gasteiger partial charge in [0.15, 0.2) is 6.30 Å². The van der Waals surface area contributed by atoms with Crippen LogP contribution in [0.15, 0.2) is 42.5 Å². The van der Waals surface area contributed by atoms with Gasteiger partial charge in [0.2, 0.25) is 5.91 Å². The van der Waals surface area contributed by atoms with Gasteiger partial charge in [-0.1, -0.05) is 24.3 Å². The number of hydrogen-bond acceptors (Lipinski definition) is 7. The molecule has 3 amide bonds. The number of hydrogen-bond donors (Lipinski definition) is 1. The highest BCUT2D eigenvalue weighted by Gasteiger charge is 2.39. The van der Waals surface area contributed by atoms with E-state index >= 15 is 4.39 Å². The molecule has 41 heavy (non-hydrogen) atoms. The lowest BCUT2D eigenvalue weighted by atomic mass is 10.1. The van der Waals surface area contributed by atoms with Crippen LogP contribution in [0.3, 0.4) is 0 Å². The molecule has 2 unspecified atom stereocenters. The number of methoxy groups -OCH3 is 1. The Morgan fingerprint density at radius 3 is 2.46 bits per heavy atom. The number of esters is 1. The third kappa shape index (κ3) is 7.15. The van der Waals surface area contributed by atoms with Gasteiger partial charge in [-0.15, -0.1) is 0 Å². The third-order valence-corrected chi connectivity index (χ3v) is 7.77. The second kappa shape index (κ2) is 13.8. The topological polar surface area (TPSA) is 109 Å². The number of piperazine rings is 1. The number of anilines is 2. The number of rotatable bonds is 10. The Bertz CT molecular complexity index is 1240. The zero-order valence-corrected chi connectivity index (χ0v) is 24.1. The number of benzene rings is 2. The van der Waals surface area contributed by atoms with Gasteiger partial charge in [0.25, 0.3) is 0 Å². The number of nitrogens with two attached hydrogens (primary N) is 1. The lowest BCUT2D eigenvalue weighted by molar-refractivity contribution is -0.145. The molecule has 0 aliphatic carbocycles. The minimum atomic E-state index is -1.28. The summed E-state index contributed by atoms with van der Waals surface area (Å²) in [5.41, 5.74) is 8.42. The molecule has 2 aliphatic heterocycles. The van der Waals surface area contributed by atoms with Crippen LogP contribution in [0.2, 0.25) is 0 Å².